The summed E-state index contributed by atoms with van der Waals surface area (Å²) < 4.78 is 4.76. The number of ether oxygens (including phenoxy) is 1. The van der Waals surface area contributed by atoms with Crippen molar-refractivity contribution in [2.24, 2.45) is 0 Å². The third kappa shape index (κ3) is 5.68. The molecule has 1 heterocycles. The number of aryl methyl sites for hydroxylation is 1. The highest BCUT2D eigenvalue weighted by Crippen LogP contribution is 2.14. The van der Waals surface area contributed by atoms with E-state index >= 15 is 0 Å². The minimum atomic E-state index is -0.341. The van der Waals surface area contributed by atoms with Gasteiger partial charge in [0.25, 0.3) is 0 Å². The molecule has 1 N–H and O–H groups in total. The van der Waals surface area contributed by atoms with Crippen molar-refractivity contribution in [3.8, 4) is 0 Å². The summed E-state index contributed by atoms with van der Waals surface area (Å²) in [5, 5.41) is 2.65. The maximum absolute atomic E-state index is 11.8. The molecule has 1 aromatic carbocycles. The number of likely N-dealkylation sites (tertiary alicyclic amines) is 1. The number of carbonyl (C=O) groups is 4. The van der Waals surface area contributed by atoms with Crippen molar-refractivity contribution in [1.29, 1.82) is 0 Å². The molecule has 0 saturated carbocycles. The second kappa shape index (κ2) is 8.88. The topological polar surface area (TPSA) is 92.8 Å². The summed E-state index contributed by atoms with van der Waals surface area (Å²) in [6, 6.07) is 7.10. The second-order valence-electron chi connectivity index (χ2n) is 5.28. The number of carbonyl (C=O) groups excluding carboxylic acids is 4. The lowest BCUT2D eigenvalue weighted by molar-refractivity contribution is -0.152. The molecule has 128 valence electrons. The monoisotopic (exact) mass is 444 g/mol. The van der Waals surface area contributed by atoms with Crippen molar-refractivity contribution in [3.63, 3.8) is 0 Å². The van der Waals surface area contributed by atoms with Crippen LogP contribution in [0.3, 0.4) is 0 Å². The van der Waals surface area contributed by atoms with Gasteiger partial charge in [-0.25, -0.2) is 0 Å². The maximum Gasteiger partial charge on any atom is 0.250 e. The molecule has 1 fully saturated rings. The number of rotatable bonds is 8. The Balaban J connectivity index is 1.74. The van der Waals surface area contributed by atoms with Crippen LogP contribution in [0.5, 0.6) is 0 Å². The molecule has 1 aromatic rings. The minimum Gasteiger partial charge on any atom is -0.363 e. The largest absolute Gasteiger partial charge is 0.363 e. The molecule has 0 spiro atoms. The van der Waals surface area contributed by atoms with E-state index in [1.54, 1.807) is 34.7 Å². The fourth-order valence-corrected chi connectivity index (χ4v) is 2.36. The Hall–Kier alpha value is -1.81. The normalized spacial score (nSPS) is 13.4. The molecular weight excluding hydrogens is 427 g/mol. The van der Waals surface area contributed by atoms with Crippen LogP contribution < -0.4 is 5.32 Å². The predicted molar refractivity (Wildman–Crippen MR) is 94.6 cm³/mol. The summed E-state index contributed by atoms with van der Waals surface area (Å²) >= 11 is 1.60. The fraction of sp³-hybridized carbons (Fsp3) is 0.375. The number of hydrogen-bond acceptors (Lipinski definition) is 5. The SMILES string of the molecule is O=C(I)COCC(=O)Nc1ccc(CCC(=O)N2CCC2=O)cc1. The van der Waals surface area contributed by atoms with E-state index in [1.165, 1.54) is 4.90 Å². The molecule has 1 aliphatic rings. The number of imide groups is 1. The Morgan fingerprint density at radius 2 is 1.88 bits per heavy atom. The first-order chi connectivity index (χ1) is 11.5. The molecule has 0 aromatic heterocycles. The first-order valence-electron chi connectivity index (χ1n) is 7.44. The van der Waals surface area contributed by atoms with Gasteiger partial charge in [0.2, 0.25) is 21.5 Å². The summed E-state index contributed by atoms with van der Waals surface area (Å²) in [6.07, 6.45) is 1.28. The number of halogens is 1. The Labute approximate surface area is 152 Å². The number of anilines is 1. The molecule has 0 radical (unpaired) electrons. The van der Waals surface area contributed by atoms with Gasteiger partial charge in [0, 0.05) is 47.7 Å². The maximum atomic E-state index is 11.8. The number of nitrogens with one attached hydrogen (secondary N) is 1. The van der Waals surface area contributed by atoms with Crippen LogP contribution in [0.15, 0.2) is 24.3 Å². The third-order valence-corrected chi connectivity index (χ3v) is 3.78. The quantitative estimate of drug-likeness (QED) is 0.371. The Bertz CT molecular complexity index is 644. The van der Waals surface area contributed by atoms with Crippen molar-refractivity contribution in [2.75, 3.05) is 25.1 Å². The van der Waals surface area contributed by atoms with Crippen molar-refractivity contribution in [2.45, 2.75) is 19.3 Å². The Morgan fingerprint density at radius 3 is 2.42 bits per heavy atom. The lowest BCUT2D eigenvalue weighted by atomic mass is 10.1. The van der Waals surface area contributed by atoms with Gasteiger partial charge >= 0.3 is 0 Å². The zero-order valence-corrected chi connectivity index (χ0v) is 15.1. The van der Waals surface area contributed by atoms with Crippen LogP contribution in [0.1, 0.15) is 18.4 Å². The number of β-lactam (4-membered cyclic amide) rings is 1. The number of benzene rings is 1. The summed E-state index contributed by atoms with van der Waals surface area (Å²) in [4.78, 5) is 46.5. The summed E-state index contributed by atoms with van der Waals surface area (Å²) in [5.74, 6) is -0.595. The van der Waals surface area contributed by atoms with Crippen molar-refractivity contribution in [1.82, 2.24) is 4.90 Å². The van der Waals surface area contributed by atoms with Gasteiger partial charge in [0.05, 0.1) is 0 Å². The molecule has 0 aliphatic carbocycles. The number of hydrogen-bond donors (Lipinski definition) is 1. The molecule has 0 bridgehead atoms. The molecule has 2 rings (SSSR count). The summed E-state index contributed by atoms with van der Waals surface area (Å²) in [7, 11) is 0. The average Bonchev–Trinajstić information content (AvgIpc) is 2.52. The van der Waals surface area contributed by atoms with E-state index in [2.05, 4.69) is 5.32 Å². The van der Waals surface area contributed by atoms with Gasteiger partial charge in [-0.15, -0.1) is 0 Å². The van der Waals surface area contributed by atoms with Gasteiger partial charge in [0.15, 0.2) is 0 Å². The van der Waals surface area contributed by atoms with Crippen LogP contribution in [0.25, 0.3) is 0 Å². The van der Waals surface area contributed by atoms with Crippen molar-refractivity contribution in [3.05, 3.63) is 29.8 Å². The minimum absolute atomic E-state index is 0.0968. The van der Waals surface area contributed by atoms with Crippen molar-refractivity contribution < 1.29 is 23.9 Å². The lowest BCUT2D eigenvalue weighted by Crippen LogP contribution is -2.47. The van der Waals surface area contributed by atoms with Gasteiger partial charge in [-0.1, -0.05) is 12.1 Å². The highest BCUT2D eigenvalue weighted by atomic mass is 127. The van der Waals surface area contributed by atoms with Crippen LogP contribution in [-0.2, 0) is 30.3 Å². The molecule has 1 saturated heterocycles. The van der Waals surface area contributed by atoms with Gasteiger partial charge in [-0.05, 0) is 24.1 Å². The number of nitrogens with zero attached hydrogens (tertiary/aromatic N) is 1. The number of amides is 3. The van der Waals surface area contributed by atoms with E-state index in [0.717, 1.165) is 5.56 Å². The molecule has 8 heteroatoms. The van der Waals surface area contributed by atoms with Crippen LogP contribution in [0.2, 0.25) is 0 Å². The molecule has 7 nitrogen and oxygen atoms in total. The average molecular weight is 444 g/mol. The van der Waals surface area contributed by atoms with E-state index in [-0.39, 0.29) is 41.1 Å². The highest BCUT2D eigenvalue weighted by Gasteiger charge is 2.29. The van der Waals surface area contributed by atoms with Gasteiger partial charge in [-0.3, -0.25) is 24.1 Å². The smallest absolute Gasteiger partial charge is 0.250 e. The second-order valence-corrected chi connectivity index (χ2v) is 6.49. The van der Waals surface area contributed by atoms with E-state index in [1.807, 2.05) is 12.1 Å². The summed E-state index contributed by atoms with van der Waals surface area (Å²) in [5.41, 5.74) is 1.55. The zero-order valence-electron chi connectivity index (χ0n) is 12.9. The summed E-state index contributed by atoms with van der Waals surface area (Å²) in [6.45, 7) is 0.239. The molecular formula is C16H17IN2O5. The lowest BCUT2D eigenvalue weighted by Gasteiger charge is -2.28. The zero-order chi connectivity index (χ0) is 17.5. The highest BCUT2D eigenvalue weighted by molar-refractivity contribution is 14.1. The molecule has 3 amide bonds. The van der Waals surface area contributed by atoms with E-state index in [0.29, 0.717) is 25.1 Å². The first kappa shape index (κ1) is 18.5. The first-order valence-corrected chi connectivity index (χ1v) is 8.51. The van der Waals surface area contributed by atoms with Gasteiger partial charge in [-0.2, -0.15) is 0 Å². The molecule has 1 aliphatic heterocycles. The van der Waals surface area contributed by atoms with Gasteiger partial charge < -0.3 is 10.1 Å². The van der Waals surface area contributed by atoms with Crippen LogP contribution in [-0.4, -0.2) is 46.2 Å². The Kier molecular flexibility index (Phi) is 6.85. The standard InChI is InChI=1S/C16H17IN2O5/c17-13(20)9-24-10-14(21)18-12-4-1-11(2-5-12)3-6-15(22)19-8-7-16(19)23/h1-2,4-5H,3,6-10H2,(H,18,21). The van der Waals surface area contributed by atoms with Crippen LogP contribution in [0, 0.1) is 0 Å². The predicted octanol–water partition coefficient (Wildman–Crippen LogP) is 1.29. The van der Waals surface area contributed by atoms with Gasteiger partial charge in [0.1, 0.15) is 13.2 Å². The van der Waals surface area contributed by atoms with E-state index in [4.69, 9.17) is 4.74 Å². The van der Waals surface area contributed by atoms with E-state index < -0.39 is 0 Å². The molecule has 0 unspecified atom stereocenters. The molecule has 0 atom stereocenters. The van der Waals surface area contributed by atoms with E-state index in [9.17, 15) is 19.2 Å². The van der Waals surface area contributed by atoms with Crippen LogP contribution >= 0.6 is 22.6 Å². The Morgan fingerprint density at radius 1 is 1.17 bits per heavy atom. The van der Waals surface area contributed by atoms with Crippen LogP contribution in [0.4, 0.5) is 5.69 Å². The molecule has 24 heavy (non-hydrogen) atoms. The fourth-order valence-electron chi connectivity index (χ4n) is 2.14. The third-order valence-electron chi connectivity index (χ3n) is 3.47. The van der Waals surface area contributed by atoms with Crippen molar-refractivity contribution >= 4 is 49.8 Å².